The molecular weight excluding hydrogens is 274 g/mol. The summed E-state index contributed by atoms with van der Waals surface area (Å²) in [4.78, 5) is 0. The molecule has 1 aromatic heterocycles. The molecule has 1 heterocycles. The lowest BCUT2D eigenvalue weighted by Gasteiger charge is -2.05. The van der Waals surface area contributed by atoms with Crippen molar-refractivity contribution < 1.29 is 8.42 Å². The first-order valence-corrected chi connectivity index (χ1v) is 7.89. The first kappa shape index (κ1) is 13.0. The zero-order valence-corrected chi connectivity index (χ0v) is 11.3. The third-order valence-electron chi connectivity index (χ3n) is 2.46. The van der Waals surface area contributed by atoms with Gasteiger partial charge in [-0.15, -0.1) is 5.10 Å². The molecule has 18 heavy (non-hydrogen) atoms. The minimum atomic E-state index is -3.65. The van der Waals surface area contributed by atoms with Crippen LogP contribution in [0.1, 0.15) is 12.6 Å². The molecule has 96 valence electrons. The molecule has 0 saturated carbocycles. The molecule has 0 aliphatic rings. The van der Waals surface area contributed by atoms with E-state index in [1.807, 2.05) is 37.3 Å². The molecular formula is C11H12ClN3O2S. The van der Waals surface area contributed by atoms with E-state index in [9.17, 15) is 8.42 Å². The molecule has 2 rings (SSSR count). The van der Waals surface area contributed by atoms with Gasteiger partial charge in [0.15, 0.2) is 0 Å². The standard InChI is InChI=1S/C11H12ClN3O2S/c1-2-15-11(9-6-4-3-5-7-9)10(13-14-15)8-18(12,16)17/h3-7H,2,8H2,1H3. The van der Waals surface area contributed by atoms with Crippen molar-refractivity contribution in [3.8, 4) is 11.3 Å². The Hall–Kier alpha value is -1.40. The second kappa shape index (κ2) is 5.07. The zero-order chi connectivity index (χ0) is 13.2. The van der Waals surface area contributed by atoms with Gasteiger partial charge in [-0.05, 0) is 6.92 Å². The van der Waals surface area contributed by atoms with Crippen LogP contribution in [0.25, 0.3) is 11.3 Å². The largest absolute Gasteiger partial charge is 0.245 e. The first-order valence-electron chi connectivity index (χ1n) is 5.41. The minimum absolute atomic E-state index is 0.321. The highest BCUT2D eigenvalue weighted by molar-refractivity contribution is 8.13. The number of nitrogens with zero attached hydrogens (tertiary/aromatic N) is 3. The van der Waals surface area contributed by atoms with E-state index in [0.717, 1.165) is 5.56 Å². The van der Waals surface area contributed by atoms with Crippen LogP contribution in [0.15, 0.2) is 30.3 Å². The molecule has 0 amide bonds. The second-order valence-electron chi connectivity index (χ2n) is 3.75. The topological polar surface area (TPSA) is 64.8 Å². The number of aryl methyl sites for hydroxylation is 1. The molecule has 7 heteroatoms. The lowest BCUT2D eigenvalue weighted by molar-refractivity contribution is 0.608. The Morgan fingerprint density at radius 2 is 1.94 bits per heavy atom. The lowest BCUT2D eigenvalue weighted by atomic mass is 10.1. The Labute approximate surface area is 110 Å². The van der Waals surface area contributed by atoms with Crippen molar-refractivity contribution >= 4 is 19.7 Å². The van der Waals surface area contributed by atoms with Gasteiger partial charge in [-0.25, -0.2) is 13.1 Å². The highest BCUT2D eigenvalue weighted by atomic mass is 35.7. The van der Waals surface area contributed by atoms with E-state index in [2.05, 4.69) is 10.3 Å². The van der Waals surface area contributed by atoms with Crippen molar-refractivity contribution in [3.63, 3.8) is 0 Å². The molecule has 0 fully saturated rings. The van der Waals surface area contributed by atoms with Crippen molar-refractivity contribution in [2.75, 3.05) is 0 Å². The Morgan fingerprint density at radius 3 is 2.50 bits per heavy atom. The SMILES string of the molecule is CCn1nnc(CS(=O)(=O)Cl)c1-c1ccccc1. The van der Waals surface area contributed by atoms with Crippen LogP contribution in [0.5, 0.6) is 0 Å². The number of benzene rings is 1. The van der Waals surface area contributed by atoms with Crippen molar-refractivity contribution in [2.24, 2.45) is 0 Å². The number of hydrogen-bond donors (Lipinski definition) is 0. The Bertz CT molecular complexity index is 638. The van der Waals surface area contributed by atoms with E-state index in [4.69, 9.17) is 10.7 Å². The summed E-state index contributed by atoms with van der Waals surface area (Å²) < 4.78 is 24.0. The quantitative estimate of drug-likeness (QED) is 0.806. The number of halogens is 1. The van der Waals surface area contributed by atoms with Crippen LogP contribution in [0, 0.1) is 0 Å². The molecule has 0 aliphatic heterocycles. The number of hydrogen-bond acceptors (Lipinski definition) is 4. The molecule has 5 nitrogen and oxygen atoms in total. The van der Waals surface area contributed by atoms with Gasteiger partial charge in [0, 0.05) is 22.8 Å². The maximum Gasteiger partial charge on any atom is 0.238 e. The van der Waals surface area contributed by atoms with Crippen LogP contribution in [-0.4, -0.2) is 23.4 Å². The van der Waals surface area contributed by atoms with Gasteiger partial charge < -0.3 is 0 Å². The predicted octanol–water partition coefficient (Wildman–Crippen LogP) is 2.03. The van der Waals surface area contributed by atoms with Crippen LogP contribution in [-0.2, 0) is 21.3 Å². The normalized spacial score (nSPS) is 11.7. The Kier molecular flexibility index (Phi) is 3.68. The van der Waals surface area contributed by atoms with Crippen molar-refractivity contribution in [3.05, 3.63) is 36.0 Å². The molecule has 0 atom stereocenters. The average molecular weight is 286 g/mol. The van der Waals surface area contributed by atoms with Gasteiger partial charge in [0.2, 0.25) is 9.05 Å². The summed E-state index contributed by atoms with van der Waals surface area (Å²) in [5.74, 6) is -0.321. The molecule has 0 saturated heterocycles. The molecule has 0 spiro atoms. The summed E-state index contributed by atoms with van der Waals surface area (Å²) in [5.41, 5.74) is 1.94. The summed E-state index contributed by atoms with van der Waals surface area (Å²) in [7, 11) is 1.63. The zero-order valence-electron chi connectivity index (χ0n) is 9.75. The van der Waals surface area contributed by atoms with Crippen LogP contribution in [0.4, 0.5) is 0 Å². The van der Waals surface area contributed by atoms with Crippen LogP contribution < -0.4 is 0 Å². The fourth-order valence-electron chi connectivity index (χ4n) is 1.74. The van der Waals surface area contributed by atoms with Crippen LogP contribution in [0.2, 0.25) is 0 Å². The van der Waals surface area contributed by atoms with Gasteiger partial charge in [0.1, 0.15) is 11.4 Å². The average Bonchev–Trinajstić information content (AvgIpc) is 2.70. The third-order valence-corrected chi connectivity index (χ3v) is 3.41. The highest BCUT2D eigenvalue weighted by Crippen LogP contribution is 2.24. The Morgan fingerprint density at radius 1 is 1.28 bits per heavy atom. The summed E-state index contributed by atoms with van der Waals surface area (Å²) in [5, 5.41) is 7.84. The lowest BCUT2D eigenvalue weighted by Crippen LogP contribution is -2.02. The third kappa shape index (κ3) is 2.88. The summed E-state index contributed by atoms with van der Waals surface area (Å²) in [6.07, 6.45) is 0. The fourth-order valence-corrected chi connectivity index (χ4v) is 2.57. The minimum Gasteiger partial charge on any atom is -0.245 e. The van der Waals surface area contributed by atoms with Gasteiger partial charge in [-0.2, -0.15) is 0 Å². The van der Waals surface area contributed by atoms with Crippen LogP contribution >= 0.6 is 10.7 Å². The van der Waals surface area contributed by atoms with E-state index in [0.29, 0.717) is 17.9 Å². The molecule has 1 aromatic carbocycles. The predicted molar refractivity (Wildman–Crippen MR) is 69.6 cm³/mol. The van der Waals surface area contributed by atoms with E-state index < -0.39 is 9.05 Å². The van der Waals surface area contributed by atoms with Crippen molar-refractivity contribution in [2.45, 2.75) is 19.2 Å². The van der Waals surface area contributed by atoms with Gasteiger partial charge in [0.05, 0.1) is 5.69 Å². The smallest absolute Gasteiger partial charge is 0.238 e. The molecule has 0 radical (unpaired) electrons. The maximum atomic E-state index is 11.2. The number of rotatable bonds is 4. The maximum absolute atomic E-state index is 11.2. The van der Waals surface area contributed by atoms with Gasteiger partial charge in [0.25, 0.3) is 0 Å². The summed E-state index contributed by atoms with van der Waals surface area (Å²) in [6, 6.07) is 9.41. The van der Waals surface area contributed by atoms with Gasteiger partial charge in [-0.3, -0.25) is 0 Å². The van der Waals surface area contributed by atoms with Crippen LogP contribution in [0.3, 0.4) is 0 Å². The van der Waals surface area contributed by atoms with Gasteiger partial charge in [-0.1, -0.05) is 35.5 Å². The number of aromatic nitrogens is 3. The Balaban J connectivity index is 2.53. The molecule has 0 bridgehead atoms. The molecule has 2 aromatic rings. The fraction of sp³-hybridized carbons (Fsp3) is 0.273. The van der Waals surface area contributed by atoms with E-state index in [1.165, 1.54) is 0 Å². The van der Waals surface area contributed by atoms with E-state index >= 15 is 0 Å². The van der Waals surface area contributed by atoms with E-state index in [1.54, 1.807) is 4.68 Å². The monoisotopic (exact) mass is 285 g/mol. The molecule has 0 aliphatic carbocycles. The van der Waals surface area contributed by atoms with Crippen molar-refractivity contribution in [1.29, 1.82) is 0 Å². The van der Waals surface area contributed by atoms with E-state index in [-0.39, 0.29) is 5.75 Å². The highest BCUT2D eigenvalue weighted by Gasteiger charge is 2.18. The second-order valence-corrected chi connectivity index (χ2v) is 6.53. The van der Waals surface area contributed by atoms with Crippen molar-refractivity contribution in [1.82, 2.24) is 15.0 Å². The molecule has 0 N–H and O–H groups in total. The summed E-state index contributed by atoms with van der Waals surface area (Å²) in [6.45, 7) is 2.53. The summed E-state index contributed by atoms with van der Waals surface area (Å²) >= 11 is 0. The first-order chi connectivity index (χ1) is 8.51. The van der Waals surface area contributed by atoms with Gasteiger partial charge >= 0.3 is 0 Å². The molecule has 0 unspecified atom stereocenters.